The molecule has 2 N–H and O–H groups in total. The van der Waals surface area contributed by atoms with Crippen molar-refractivity contribution in [3.8, 4) is 0 Å². The molecular formula is C13H23N5. The van der Waals surface area contributed by atoms with Gasteiger partial charge >= 0.3 is 0 Å². The third-order valence-electron chi connectivity index (χ3n) is 3.20. The van der Waals surface area contributed by atoms with E-state index in [-0.39, 0.29) is 0 Å². The van der Waals surface area contributed by atoms with Gasteiger partial charge in [-0.15, -0.1) is 0 Å². The van der Waals surface area contributed by atoms with Gasteiger partial charge in [0.25, 0.3) is 0 Å². The van der Waals surface area contributed by atoms with Crippen molar-refractivity contribution >= 4 is 5.82 Å². The van der Waals surface area contributed by atoms with Crippen molar-refractivity contribution < 1.29 is 0 Å². The van der Waals surface area contributed by atoms with E-state index in [4.69, 9.17) is 5.73 Å². The van der Waals surface area contributed by atoms with E-state index in [0.29, 0.717) is 5.82 Å². The molecule has 5 heteroatoms. The van der Waals surface area contributed by atoms with Gasteiger partial charge in [-0.05, 0) is 5.92 Å². The number of rotatable bonds is 4. The van der Waals surface area contributed by atoms with Crippen molar-refractivity contribution in [1.29, 1.82) is 0 Å². The summed E-state index contributed by atoms with van der Waals surface area (Å²) >= 11 is 0. The number of nitrogen functional groups attached to an aromatic ring is 1. The average Bonchev–Trinajstić information content (AvgIpc) is 2.34. The quantitative estimate of drug-likeness (QED) is 0.856. The Morgan fingerprint density at radius 2 is 1.78 bits per heavy atom. The van der Waals surface area contributed by atoms with E-state index in [1.54, 1.807) is 12.4 Å². The van der Waals surface area contributed by atoms with E-state index in [0.717, 1.165) is 44.3 Å². The molecule has 1 aliphatic heterocycles. The fourth-order valence-corrected chi connectivity index (χ4v) is 2.32. The maximum atomic E-state index is 5.53. The Morgan fingerprint density at radius 1 is 1.11 bits per heavy atom. The van der Waals surface area contributed by atoms with Crippen molar-refractivity contribution in [2.24, 2.45) is 5.92 Å². The standard InChI is InChI=1S/C13H23N5/c1-11(2)9-17-3-5-18(6-4-17)10-12-7-16-13(14)8-15-12/h7-8,11H,3-6,9-10H2,1-2H3,(H2,14,16). The van der Waals surface area contributed by atoms with Gasteiger partial charge in [0.1, 0.15) is 5.82 Å². The highest BCUT2D eigenvalue weighted by Gasteiger charge is 2.17. The van der Waals surface area contributed by atoms with E-state index in [2.05, 4.69) is 33.6 Å². The van der Waals surface area contributed by atoms with Crippen LogP contribution in [0, 0.1) is 5.92 Å². The minimum Gasteiger partial charge on any atom is -0.382 e. The van der Waals surface area contributed by atoms with Crippen LogP contribution in [0.15, 0.2) is 12.4 Å². The third kappa shape index (κ3) is 3.92. The molecule has 2 rings (SSSR count). The van der Waals surface area contributed by atoms with Crippen LogP contribution in [0.3, 0.4) is 0 Å². The van der Waals surface area contributed by atoms with Gasteiger partial charge in [-0.25, -0.2) is 4.98 Å². The summed E-state index contributed by atoms with van der Waals surface area (Å²) in [5, 5.41) is 0. The predicted octanol–water partition coefficient (Wildman–Crippen LogP) is 0.832. The van der Waals surface area contributed by atoms with Gasteiger partial charge in [-0.1, -0.05) is 13.8 Å². The Labute approximate surface area is 109 Å². The van der Waals surface area contributed by atoms with Crippen molar-refractivity contribution in [3.63, 3.8) is 0 Å². The number of piperazine rings is 1. The summed E-state index contributed by atoms with van der Waals surface area (Å²) in [4.78, 5) is 13.3. The number of nitrogens with two attached hydrogens (primary N) is 1. The summed E-state index contributed by atoms with van der Waals surface area (Å²) in [6, 6.07) is 0. The van der Waals surface area contributed by atoms with Crippen LogP contribution in [-0.4, -0.2) is 52.5 Å². The smallest absolute Gasteiger partial charge is 0.141 e. The molecule has 0 saturated carbocycles. The predicted molar refractivity (Wildman–Crippen MR) is 73.0 cm³/mol. The van der Waals surface area contributed by atoms with Crippen LogP contribution in [0.25, 0.3) is 0 Å². The largest absolute Gasteiger partial charge is 0.382 e. The van der Waals surface area contributed by atoms with Crippen LogP contribution in [-0.2, 0) is 6.54 Å². The lowest BCUT2D eigenvalue weighted by Crippen LogP contribution is -2.46. The highest BCUT2D eigenvalue weighted by atomic mass is 15.3. The number of aromatic nitrogens is 2. The molecule has 1 saturated heterocycles. The van der Waals surface area contributed by atoms with E-state index in [9.17, 15) is 0 Å². The third-order valence-corrected chi connectivity index (χ3v) is 3.20. The summed E-state index contributed by atoms with van der Waals surface area (Å²) in [5.41, 5.74) is 6.53. The van der Waals surface area contributed by atoms with Crippen molar-refractivity contribution in [1.82, 2.24) is 19.8 Å². The second kappa shape index (κ2) is 6.11. The van der Waals surface area contributed by atoms with Gasteiger partial charge in [0.2, 0.25) is 0 Å². The lowest BCUT2D eigenvalue weighted by atomic mass is 10.2. The van der Waals surface area contributed by atoms with Gasteiger partial charge in [0.15, 0.2) is 0 Å². The first kappa shape index (κ1) is 13.2. The zero-order valence-corrected chi connectivity index (χ0v) is 11.3. The fraction of sp³-hybridized carbons (Fsp3) is 0.692. The molecule has 18 heavy (non-hydrogen) atoms. The number of nitrogens with zero attached hydrogens (tertiary/aromatic N) is 4. The molecule has 0 amide bonds. The SMILES string of the molecule is CC(C)CN1CCN(Cc2cnc(N)cn2)CC1. The molecular weight excluding hydrogens is 226 g/mol. The monoisotopic (exact) mass is 249 g/mol. The Bertz CT molecular complexity index is 354. The maximum Gasteiger partial charge on any atom is 0.141 e. The minimum absolute atomic E-state index is 0.487. The summed E-state index contributed by atoms with van der Waals surface area (Å²) in [5.74, 6) is 1.24. The highest BCUT2D eigenvalue weighted by Crippen LogP contribution is 2.08. The van der Waals surface area contributed by atoms with Crippen LogP contribution >= 0.6 is 0 Å². The molecule has 0 aromatic carbocycles. The average molecular weight is 249 g/mol. The van der Waals surface area contributed by atoms with Crippen molar-refractivity contribution in [2.75, 3.05) is 38.5 Å². The maximum absolute atomic E-state index is 5.53. The van der Waals surface area contributed by atoms with E-state index < -0.39 is 0 Å². The summed E-state index contributed by atoms with van der Waals surface area (Å²) in [7, 11) is 0. The Hall–Kier alpha value is -1.20. The molecule has 100 valence electrons. The summed E-state index contributed by atoms with van der Waals surface area (Å²) < 4.78 is 0. The normalized spacial score (nSPS) is 18.4. The van der Waals surface area contributed by atoms with Gasteiger partial charge in [0.05, 0.1) is 18.1 Å². The van der Waals surface area contributed by atoms with E-state index >= 15 is 0 Å². The van der Waals surface area contributed by atoms with Crippen LogP contribution in [0.5, 0.6) is 0 Å². The molecule has 1 fully saturated rings. The molecule has 0 bridgehead atoms. The molecule has 1 aliphatic rings. The minimum atomic E-state index is 0.487. The fourth-order valence-electron chi connectivity index (χ4n) is 2.32. The molecule has 5 nitrogen and oxygen atoms in total. The Morgan fingerprint density at radius 3 is 2.33 bits per heavy atom. The van der Waals surface area contributed by atoms with Crippen LogP contribution in [0.2, 0.25) is 0 Å². The first-order chi connectivity index (χ1) is 8.63. The van der Waals surface area contributed by atoms with Gasteiger partial charge in [0, 0.05) is 39.3 Å². The molecule has 1 aromatic rings. The topological polar surface area (TPSA) is 58.3 Å². The van der Waals surface area contributed by atoms with Crippen molar-refractivity contribution in [2.45, 2.75) is 20.4 Å². The second-order valence-electron chi connectivity index (χ2n) is 5.40. The molecule has 0 spiro atoms. The molecule has 2 heterocycles. The van der Waals surface area contributed by atoms with Crippen LogP contribution < -0.4 is 5.73 Å². The lowest BCUT2D eigenvalue weighted by Gasteiger charge is -2.35. The first-order valence-corrected chi connectivity index (χ1v) is 6.64. The van der Waals surface area contributed by atoms with Crippen LogP contribution in [0.1, 0.15) is 19.5 Å². The van der Waals surface area contributed by atoms with Gasteiger partial charge in [-0.3, -0.25) is 9.88 Å². The highest BCUT2D eigenvalue weighted by molar-refractivity contribution is 5.22. The summed E-state index contributed by atoms with van der Waals surface area (Å²) in [6.45, 7) is 11.2. The zero-order valence-electron chi connectivity index (χ0n) is 11.3. The number of hydrogen-bond donors (Lipinski definition) is 1. The van der Waals surface area contributed by atoms with Crippen molar-refractivity contribution in [3.05, 3.63) is 18.1 Å². The van der Waals surface area contributed by atoms with Gasteiger partial charge < -0.3 is 10.6 Å². The summed E-state index contributed by atoms with van der Waals surface area (Å²) in [6.07, 6.45) is 3.40. The Balaban J connectivity index is 1.78. The molecule has 0 atom stereocenters. The molecule has 1 aromatic heterocycles. The number of hydrogen-bond acceptors (Lipinski definition) is 5. The molecule has 0 aliphatic carbocycles. The van der Waals surface area contributed by atoms with E-state index in [1.807, 2.05) is 0 Å². The Kier molecular flexibility index (Phi) is 4.49. The van der Waals surface area contributed by atoms with E-state index in [1.165, 1.54) is 6.54 Å². The van der Waals surface area contributed by atoms with Crippen LogP contribution in [0.4, 0.5) is 5.82 Å². The zero-order chi connectivity index (χ0) is 13.0. The second-order valence-corrected chi connectivity index (χ2v) is 5.40. The number of anilines is 1. The lowest BCUT2D eigenvalue weighted by molar-refractivity contribution is 0.116. The molecule has 0 unspecified atom stereocenters. The van der Waals surface area contributed by atoms with Gasteiger partial charge in [-0.2, -0.15) is 0 Å². The molecule has 0 radical (unpaired) electrons. The first-order valence-electron chi connectivity index (χ1n) is 6.64.